The van der Waals surface area contributed by atoms with E-state index >= 15 is 0 Å². The molecule has 5 nitrogen and oxygen atoms in total. The lowest BCUT2D eigenvalue weighted by Crippen LogP contribution is -2.39. The van der Waals surface area contributed by atoms with Gasteiger partial charge in [0.15, 0.2) is 0 Å². The van der Waals surface area contributed by atoms with E-state index in [1.54, 1.807) is 20.8 Å². The Morgan fingerprint density at radius 1 is 1.50 bits per heavy atom. The molecule has 1 aliphatic heterocycles. The molecular formula is C13H25NO4. The van der Waals surface area contributed by atoms with Crippen LogP contribution in [-0.2, 0) is 14.3 Å². The number of carbonyl (C=O) groups excluding carboxylic acids is 1. The molecule has 106 valence electrons. The molecule has 0 aliphatic carbocycles. The SMILES string of the molecule is CC(C)(C)OC(=O)C(CCCCC1CO1)C(N)O. The fourth-order valence-corrected chi connectivity index (χ4v) is 1.78. The van der Waals surface area contributed by atoms with E-state index in [-0.39, 0.29) is 0 Å². The van der Waals surface area contributed by atoms with Crippen LogP contribution in [0.2, 0.25) is 0 Å². The van der Waals surface area contributed by atoms with Crippen LogP contribution in [0.5, 0.6) is 0 Å². The molecule has 1 heterocycles. The Morgan fingerprint density at radius 3 is 2.56 bits per heavy atom. The molecule has 0 aromatic rings. The van der Waals surface area contributed by atoms with Gasteiger partial charge in [0.1, 0.15) is 11.8 Å². The third-order valence-electron chi connectivity index (χ3n) is 2.82. The van der Waals surface area contributed by atoms with Gasteiger partial charge in [-0.1, -0.05) is 12.8 Å². The van der Waals surface area contributed by atoms with Crippen molar-refractivity contribution in [3.05, 3.63) is 0 Å². The summed E-state index contributed by atoms with van der Waals surface area (Å²) in [6.07, 6.45) is 2.65. The topological polar surface area (TPSA) is 85.1 Å². The number of hydrogen-bond donors (Lipinski definition) is 2. The normalized spacial score (nSPS) is 22.4. The number of rotatable bonds is 7. The van der Waals surface area contributed by atoms with Gasteiger partial charge >= 0.3 is 5.97 Å². The number of esters is 1. The molecule has 1 fully saturated rings. The molecule has 3 unspecified atom stereocenters. The molecule has 1 rings (SSSR count). The molecule has 3 N–H and O–H groups in total. The maximum absolute atomic E-state index is 11.9. The molecule has 3 atom stereocenters. The first-order valence-corrected chi connectivity index (χ1v) is 6.58. The second-order valence-corrected chi connectivity index (χ2v) is 5.87. The van der Waals surface area contributed by atoms with Crippen molar-refractivity contribution in [2.75, 3.05) is 6.61 Å². The fraction of sp³-hybridized carbons (Fsp3) is 0.923. The summed E-state index contributed by atoms with van der Waals surface area (Å²) in [4.78, 5) is 11.9. The quantitative estimate of drug-likeness (QED) is 0.310. The highest BCUT2D eigenvalue weighted by molar-refractivity contribution is 5.73. The van der Waals surface area contributed by atoms with E-state index in [4.69, 9.17) is 15.2 Å². The highest BCUT2D eigenvalue weighted by Gasteiger charge is 2.29. The van der Waals surface area contributed by atoms with Gasteiger partial charge < -0.3 is 20.3 Å². The van der Waals surface area contributed by atoms with Crippen molar-refractivity contribution in [2.45, 2.75) is 64.4 Å². The highest BCUT2D eigenvalue weighted by atomic mass is 16.6. The van der Waals surface area contributed by atoms with Crippen LogP contribution in [0.15, 0.2) is 0 Å². The monoisotopic (exact) mass is 259 g/mol. The smallest absolute Gasteiger partial charge is 0.313 e. The van der Waals surface area contributed by atoms with Crippen LogP contribution in [0.4, 0.5) is 0 Å². The maximum Gasteiger partial charge on any atom is 0.313 e. The number of unbranched alkanes of at least 4 members (excludes halogenated alkanes) is 1. The summed E-state index contributed by atoms with van der Waals surface area (Å²) in [6.45, 7) is 6.26. The number of aliphatic hydroxyl groups excluding tert-OH is 1. The van der Waals surface area contributed by atoms with Crippen LogP contribution in [0.25, 0.3) is 0 Å². The van der Waals surface area contributed by atoms with Crippen molar-refractivity contribution in [3.63, 3.8) is 0 Å². The van der Waals surface area contributed by atoms with Gasteiger partial charge in [-0.15, -0.1) is 0 Å². The minimum absolute atomic E-state index is 0.410. The molecule has 0 saturated carbocycles. The zero-order valence-electron chi connectivity index (χ0n) is 11.5. The molecule has 1 aliphatic rings. The Bertz CT molecular complexity index is 269. The van der Waals surface area contributed by atoms with Gasteiger partial charge in [0.05, 0.1) is 18.6 Å². The molecule has 1 saturated heterocycles. The number of ether oxygens (including phenoxy) is 2. The van der Waals surface area contributed by atoms with Gasteiger partial charge in [0, 0.05) is 0 Å². The molecule has 0 aromatic heterocycles. The third-order valence-corrected chi connectivity index (χ3v) is 2.82. The van der Waals surface area contributed by atoms with E-state index in [2.05, 4.69) is 0 Å². The largest absolute Gasteiger partial charge is 0.460 e. The number of aliphatic hydroxyl groups is 1. The number of epoxide rings is 1. The summed E-state index contributed by atoms with van der Waals surface area (Å²) >= 11 is 0. The molecule has 0 spiro atoms. The zero-order chi connectivity index (χ0) is 13.8. The maximum atomic E-state index is 11.9. The van der Waals surface area contributed by atoms with Gasteiger partial charge in [-0.25, -0.2) is 0 Å². The first-order valence-electron chi connectivity index (χ1n) is 6.58. The highest BCUT2D eigenvalue weighted by Crippen LogP contribution is 2.21. The second kappa shape index (κ2) is 6.50. The minimum Gasteiger partial charge on any atom is -0.460 e. The molecule has 0 radical (unpaired) electrons. The van der Waals surface area contributed by atoms with Gasteiger partial charge in [0.25, 0.3) is 0 Å². The number of carbonyl (C=O) groups is 1. The van der Waals surface area contributed by atoms with E-state index < -0.39 is 23.7 Å². The van der Waals surface area contributed by atoms with Crippen molar-refractivity contribution in [1.82, 2.24) is 0 Å². The summed E-state index contributed by atoms with van der Waals surface area (Å²) in [7, 11) is 0. The van der Waals surface area contributed by atoms with E-state index in [1.807, 2.05) is 0 Å². The lowest BCUT2D eigenvalue weighted by molar-refractivity contribution is -0.164. The summed E-state index contributed by atoms with van der Waals surface area (Å²) in [5.74, 6) is -1.05. The third kappa shape index (κ3) is 6.33. The summed E-state index contributed by atoms with van der Waals surface area (Å²) in [5.41, 5.74) is 4.89. The van der Waals surface area contributed by atoms with Crippen molar-refractivity contribution < 1.29 is 19.4 Å². The van der Waals surface area contributed by atoms with Crippen LogP contribution in [0, 0.1) is 5.92 Å². The lowest BCUT2D eigenvalue weighted by atomic mass is 9.99. The fourth-order valence-electron chi connectivity index (χ4n) is 1.78. The number of nitrogens with two attached hydrogens (primary N) is 1. The Balaban J connectivity index is 2.30. The predicted molar refractivity (Wildman–Crippen MR) is 67.7 cm³/mol. The Labute approximate surface area is 109 Å². The van der Waals surface area contributed by atoms with Crippen LogP contribution in [-0.4, -0.2) is 35.6 Å². The van der Waals surface area contributed by atoms with Gasteiger partial charge in [-0.2, -0.15) is 0 Å². The first-order chi connectivity index (χ1) is 8.29. The number of hydrogen-bond acceptors (Lipinski definition) is 5. The van der Waals surface area contributed by atoms with Crippen LogP contribution >= 0.6 is 0 Å². The summed E-state index contributed by atoms with van der Waals surface area (Å²) in [5, 5.41) is 9.45. The van der Waals surface area contributed by atoms with E-state index in [9.17, 15) is 9.90 Å². The minimum atomic E-state index is -1.16. The summed E-state index contributed by atoms with van der Waals surface area (Å²) < 4.78 is 10.4. The van der Waals surface area contributed by atoms with E-state index in [0.717, 1.165) is 25.9 Å². The average Bonchev–Trinajstić information content (AvgIpc) is 2.97. The van der Waals surface area contributed by atoms with Crippen molar-refractivity contribution >= 4 is 5.97 Å². The van der Waals surface area contributed by atoms with Gasteiger partial charge in [0.2, 0.25) is 0 Å². The van der Waals surface area contributed by atoms with Gasteiger partial charge in [-0.05, 0) is 33.6 Å². The Hall–Kier alpha value is -0.650. The predicted octanol–water partition coefficient (Wildman–Crippen LogP) is 1.18. The summed E-state index contributed by atoms with van der Waals surface area (Å²) in [6, 6.07) is 0. The lowest BCUT2D eigenvalue weighted by Gasteiger charge is -2.25. The van der Waals surface area contributed by atoms with Crippen LogP contribution < -0.4 is 5.73 Å². The molecule has 18 heavy (non-hydrogen) atoms. The Morgan fingerprint density at radius 2 is 2.11 bits per heavy atom. The molecule has 5 heteroatoms. The average molecular weight is 259 g/mol. The molecular weight excluding hydrogens is 234 g/mol. The van der Waals surface area contributed by atoms with Crippen LogP contribution in [0.1, 0.15) is 46.5 Å². The first kappa shape index (κ1) is 15.4. The molecule has 0 amide bonds. The van der Waals surface area contributed by atoms with Crippen molar-refractivity contribution in [1.29, 1.82) is 0 Å². The molecule has 0 bridgehead atoms. The standard InChI is InChI=1S/C13H25NO4/c1-13(2,3)18-12(16)10(11(14)15)7-5-4-6-9-8-17-9/h9-11,15H,4-8,14H2,1-3H3. The second-order valence-electron chi connectivity index (χ2n) is 5.87. The van der Waals surface area contributed by atoms with E-state index in [1.165, 1.54) is 0 Å². The Kier molecular flexibility index (Phi) is 5.56. The van der Waals surface area contributed by atoms with Crippen molar-refractivity contribution in [2.24, 2.45) is 11.7 Å². The zero-order valence-corrected chi connectivity index (χ0v) is 11.5. The van der Waals surface area contributed by atoms with Gasteiger partial charge in [-0.3, -0.25) is 4.79 Å². The molecule has 0 aromatic carbocycles. The van der Waals surface area contributed by atoms with E-state index in [0.29, 0.717) is 12.5 Å². The van der Waals surface area contributed by atoms with Crippen molar-refractivity contribution in [3.8, 4) is 0 Å². The van der Waals surface area contributed by atoms with Crippen LogP contribution in [0.3, 0.4) is 0 Å².